The first-order chi connectivity index (χ1) is 8.22. The van der Waals surface area contributed by atoms with Crippen molar-refractivity contribution >= 4 is 0 Å². The molecule has 17 heavy (non-hydrogen) atoms. The van der Waals surface area contributed by atoms with E-state index in [0.717, 1.165) is 23.9 Å². The van der Waals surface area contributed by atoms with E-state index in [0.29, 0.717) is 5.69 Å². The van der Waals surface area contributed by atoms with E-state index < -0.39 is 0 Å². The second-order valence-electron chi connectivity index (χ2n) is 5.17. The summed E-state index contributed by atoms with van der Waals surface area (Å²) < 4.78 is 2.07. The van der Waals surface area contributed by atoms with Crippen LogP contribution in [0.1, 0.15) is 55.7 Å². The van der Waals surface area contributed by atoms with E-state index in [1.807, 2.05) is 14.0 Å². The van der Waals surface area contributed by atoms with Gasteiger partial charge in [-0.25, -0.2) is 4.98 Å². The Labute approximate surface area is 103 Å². The van der Waals surface area contributed by atoms with Crippen molar-refractivity contribution in [3.05, 3.63) is 17.2 Å². The molecule has 0 aromatic carbocycles. The van der Waals surface area contributed by atoms with Gasteiger partial charge in [-0.15, -0.1) is 0 Å². The van der Waals surface area contributed by atoms with E-state index in [-0.39, 0.29) is 0 Å². The molecule has 1 fully saturated rings. The smallest absolute Gasteiger partial charge is 0.161 e. The number of aromatic nitrogens is 2. The third-order valence-corrected chi connectivity index (χ3v) is 4.06. The third-order valence-electron chi connectivity index (χ3n) is 4.06. The summed E-state index contributed by atoms with van der Waals surface area (Å²) in [5.41, 5.74) is 1.75. The first kappa shape index (κ1) is 12.2. The quantitative estimate of drug-likeness (QED) is 0.802. The zero-order valence-corrected chi connectivity index (χ0v) is 10.9. The van der Waals surface area contributed by atoms with Crippen molar-refractivity contribution in [1.82, 2.24) is 9.55 Å². The van der Waals surface area contributed by atoms with Gasteiger partial charge in [0.15, 0.2) is 5.69 Å². The van der Waals surface area contributed by atoms with Crippen molar-refractivity contribution in [3.63, 3.8) is 0 Å². The van der Waals surface area contributed by atoms with Crippen LogP contribution in [0.2, 0.25) is 0 Å². The number of hydrogen-bond acceptors (Lipinski definition) is 2. The molecule has 0 atom stereocenters. The second-order valence-corrected chi connectivity index (χ2v) is 5.17. The molecule has 0 unspecified atom stereocenters. The highest BCUT2D eigenvalue weighted by Crippen LogP contribution is 2.28. The van der Waals surface area contributed by atoms with Crippen LogP contribution in [0.4, 0.5) is 0 Å². The molecule has 0 spiro atoms. The van der Waals surface area contributed by atoms with Crippen LogP contribution in [0.25, 0.3) is 0 Å². The summed E-state index contributed by atoms with van der Waals surface area (Å²) in [7, 11) is 2.01. The van der Waals surface area contributed by atoms with Gasteiger partial charge in [-0.3, -0.25) is 0 Å². The lowest BCUT2D eigenvalue weighted by atomic mass is 9.85. The van der Waals surface area contributed by atoms with E-state index in [4.69, 9.17) is 5.26 Å². The van der Waals surface area contributed by atoms with E-state index in [9.17, 15) is 0 Å². The third kappa shape index (κ3) is 2.69. The standard InChI is InChI=1S/C14H21N3/c1-11-16-13(10-15)14(17(11)2)9-8-12-6-4-3-5-7-12/h12H,3-9H2,1-2H3. The summed E-state index contributed by atoms with van der Waals surface area (Å²) in [4.78, 5) is 4.29. The van der Waals surface area contributed by atoms with Gasteiger partial charge in [0, 0.05) is 7.05 Å². The molecule has 1 aliphatic carbocycles. The van der Waals surface area contributed by atoms with Gasteiger partial charge in [0.1, 0.15) is 11.9 Å². The van der Waals surface area contributed by atoms with Crippen LogP contribution in [0.3, 0.4) is 0 Å². The van der Waals surface area contributed by atoms with Gasteiger partial charge in [0.05, 0.1) is 5.69 Å². The summed E-state index contributed by atoms with van der Waals surface area (Å²) in [6.45, 7) is 1.96. The van der Waals surface area contributed by atoms with Gasteiger partial charge in [-0.2, -0.15) is 5.26 Å². The molecule has 3 nitrogen and oxygen atoms in total. The highest BCUT2D eigenvalue weighted by Gasteiger charge is 2.16. The average Bonchev–Trinajstić information content (AvgIpc) is 2.64. The first-order valence-corrected chi connectivity index (χ1v) is 6.64. The molecule has 1 saturated carbocycles. The SMILES string of the molecule is Cc1nc(C#N)c(CCC2CCCCC2)n1C. The van der Waals surface area contributed by atoms with E-state index in [1.165, 1.54) is 38.5 Å². The molecule has 0 radical (unpaired) electrons. The Bertz CT molecular complexity index is 419. The number of rotatable bonds is 3. The normalized spacial score (nSPS) is 17.0. The lowest BCUT2D eigenvalue weighted by Crippen LogP contribution is -2.09. The number of hydrogen-bond donors (Lipinski definition) is 0. The Morgan fingerprint density at radius 2 is 2.06 bits per heavy atom. The predicted molar refractivity (Wildman–Crippen MR) is 67.6 cm³/mol. The number of aryl methyl sites for hydroxylation is 1. The Balaban J connectivity index is 2.00. The molecule has 0 bridgehead atoms. The molecule has 0 aliphatic heterocycles. The number of nitrogens with zero attached hydrogens (tertiary/aromatic N) is 3. The van der Waals surface area contributed by atoms with Crippen molar-refractivity contribution in [3.8, 4) is 6.07 Å². The van der Waals surface area contributed by atoms with Crippen LogP contribution < -0.4 is 0 Å². The van der Waals surface area contributed by atoms with Crippen molar-refractivity contribution in [2.24, 2.45) is 13.0 Å². The lowest BCUT2D eigenvalue weighted by Gasteiger charge is -2.21. The molecule has 0 amide bonds. The zero-order chi connectivity index (χ0) is 12.3. The van der Waals surface area contributed by atoms with Crippen LogP contribution >= 0.6 is 0 Å². The van der Waals surface area contributed by atoms with E-state index >= 15 is 0 Å². The molecule has 1 aromatic heterocycles. The highest BCUT2D eigenvalue weighted by atomic mass is 15.1. The summed E-state index contributed by atoms with van der Waals surface area (Å²) >= 11 is 0. The van der Waals surface area contributed by atoms with E-state index in [1.54, 1.807) is 0 Å². The molecular formula is C14H21N3. The average molecular weight is 231 g/mol. The summed E-state index contributed by atoms with van der Waals surface area (Å²) in [6.07, 6.45) is 9.15. The molecule has 2 rings (SSSR count). The lowest BCUT2D eigenvalue weighted by molar-refractivity contribution is 0.337. The van der Waals surface area contributed by atoms with Crippen LogP contribution in [-0.4, -0.2) is 9.55 Å². The topological polar surface area (TPSA) is 41.6 Å². The van der Waals surface area contributed by atoms with Crippen molar-refractivity contribution < 1.29 is 0 Å². The van der Waals surface area contributed by atoms with Crippen LogP contribution in [0.5, 0.6) is 0 Å². The largest absolute Gasteiger partial charge is 0.334 e. The fraction of sp³-hybridized carbons (Fsp3) is 0.714. The molecule has 92 valence electrons. The number of nitriles is 1. The minimum absolute atomic E-state index is 0.626. The monoisotopic (exact) mass is 231 g/mol. The Morgan fingerprint density at radius 3 is 2.71 bits per heavy atom. The van der Waals surface area contributed by atoms with Crippen molar-refractivity contribution in [2.75, 3.05) is 0 Å². The predicted octanol–water partition coefficient (Wildman–Crippen LogP) is 3.11. The van der Waals surface area contributed by atoms with Crippen LogP contribution in [0, 0.1) is 24.2 Å². The van der Waals surface area contributed by atoms with E-state index in [2.05, 4.69) is 15.6 Å². The van der Waals surface area contributed by atoms with Gasteiger partial charge < -0.3 is 4.57 Å². The molecule has 0 saturated heterocycles. The first-order valence-electron chi connectivity index (χ1n) is 6.64. The fourth-order valence-corrected chi connectivity index (χ4v) is 2.85. The van der Waals surface area contributed by atoms with Gasteiger partial charge >= 0.3 is 0 Å². The van der Waals surface area contributed by atoms with Gasteiger partial charge in [0.25, 0.3) is 0 Å². The maximum absolute atomic E-state index is 9.07. The highest BCUT2D eigenvalue weighted by molar-refractivity contribution is 5.28. The van der Waals surface area contributed by atoms with Crippen molar-refractivity contribution in [1.29, 1.82) is 5.26 Å². The molecule has 0 N–H and O–H groups in total. The maximum Gasteiger partial charge on any atom is 0.161 e. The van der Waals surface area contributed by atoms with Gasteiger partial charge in [-0.05, 0) is 25.7 Å². The Kier molecular flexibility index (Phi) is 3.83. The molecule has 1 aliphatic rings. The summed E-state index contributed by atoms with van der Waals surface area (Å²) in [5.74, 6) is 1.81. The molecule has 3 heteroatoms. The minimum Gasteiger partial charge on any atom is -0.334 e. The van der Waals surface area contributed by atoms with Gasteiger partial charge in [-0.1, -0.05) is 32.1 Å². The number of imidazole rings is 1. The molecule has 1 heterocycles. The summed E-state index contributed by atoms with van der Waals surface area (Å²) in [5, 5.41) is 9.07. The zero-order valence-electron chi connectivity index (χ0n) is 10.9. The fourth-order valence-electron chi connectivity index (χ4n) is 2.85. The van der Waals surface area contributed by atoms with Crippen molar-refractivity contribution in [2.45, 2.75) is 51.9 Å². The maximum atomic E-state index is 9.07. The molecule has 1 aromatic rings. The Hall–Kier alpha value is -1.30. The minimum atomic E-state index is 0.626. The summed E-state index contributed by atoms with van der Waals surface area (Å²) in [6, 6.07) is 2.21. The van der Waals surface area contributed by atoms with Gasteiger partial charge in [0.2, 0.25) is 0 Å². The molecular weight excluding hydrogens is 210 g/mol. The Morgan fingerprint density at radius 1 is 1.35 bits per heavy atom. The van der Waals surface area contributed by atoms with Crippen LogP contribution in [-0.2, 0) is 13.5 Å². The van der Waals surface area contributed by atoms with Crippen LogP contribution in [0.15, 0.2) is 0 Å². The second kappa shape index (κ2) is 5.35.